The molecule has 2 aliphatic heterocycles. The fraction of sp³-hybridized carbons (Fsp3) is 0.538. The zero-order valence-electron chi connectivity index (χ0n) is 10.3. The standard InChI is InChI=1S/C13H17NO3S/c1-10-2-4-11(5-3-10)18(15,16)12-8-17-7-6-13(12)9-14-13/h2-5,12,14H,6-9H2,1H3. The second-order valence-corrected chi connectivity index (χ2v) is 7.31. The fourth-order valence-electron chi connectivity index (χ4n) is 2.56. The van der Waals surface area contributed by atoms with Crippen LogP contribution in [0, 0.1) is 6.92 Å². The van der Waals surface area contributed by atoms with Crippen LogP contribution in [-0.4, -0.2) is 39.0 Å². The largest absolute Gasteiger partial charge is 0.380 e. The average molecular weight is 267 g/mol. The molecule has 2 atom stereocenters. The van der Waals surface area contributed by atoms with E-state index in [1.807, 2.05) is 19.1 Å². The highest BCUT2D eigenvalue weighted by Crippen LogP contribution is 2.36. The van der Waals surface area contributed by atoms with Gasteiger partial charge in [-0.1, -0.05) is 17.7 Å². The van der Waals surface area contributed by atoms with E-state index in [0.29, 0.717) is 18.1 Å². The summed E-state index contributed by atoms with van der Waals surface area (Å²) >= 11 is 0. The summed E-state index contributed by atoms with van der Waals surface area (Å²) in [6.07, 6.45) is 0.781. The average Bonchev–Trinajstić information content (AvgIpc) is 3.10. The lowest BCUT2D eigenvalue weighted by Gasteiger charge is -2.30. The number of hydrogen-bond donors (Lipinski definition) is 1. The summed E-state index contributed by atoms with van der Waals surface area (Å²) in [5.74, 6) is 0. The van der Waals surface area contributed by atoms with Gasteiger partial charge in [-0.3, -0.25) is 0 Å². The molecule has 4 nitrogen and oxygen atoms in total. The highest BCUT2D eigenvalue weighted by atomic mass is 32.2. The maximum absolute atomic E-state index is 12.6. The monoisotopic (exact) mass is 267 g/mol. The van der Waals surface area contributed by atoms with Gasteiger partial charge >= 0.3 is 0 Å². The Morgan fingerprint density at radius 3 is 2.61 bits per heavy atom. The smallest absolute Gasteiger partial charge is 0.185 e. The SMILES string of the molecule is Cc1ccc(S(=O)(=O)C2COCCC23CN3)cc1. The molecule has 1 spiro atoms. The number of aryl methyl sites for hydroxylation is 1. The Balaban J connectivity index is 1.96. The number of nitrogens with one attached hydrogen (secondary N) is 1. The van der Waals surface area contributed by atoms with Crippen LogP contribution in [0.1, 0.15) is 12.0 Å². The number of hydrogen-bond acceptors (Lipinski definition) is 4. The summed E-state index contributed by atoms with van der Waals surface area (Å²) in [4.78, 5) is 0.400. The van der Waals surface area contributed by atoms with Gasteiger partial charge in [0.15, 0.2) is 9.84 Å². The Morgan fingerprint density at radius 1 is 1.33 bits per heavy atom. The van der Waals surface area contributed by atoms with Crippen LogP contribution in [-0.2, 0) is 14.6 Å². The highest BCUT2D eigenvalue weighted by molar-refractivity contribution is 7.92. The maximum atomic E-state index is 12.6. The number of ether oxygens (including phenoxy) is 1. The third-order valence-electron chi connectivity index (χ3n) is 3.93. The van der Waals surface area contributed by atoms with Gasteiger partial charge in [0.25, 0.3) is 0 Å². The lowest BCUT2D eigenvalue weighted by Crippen LogP contribution is -2.47. The van der Waals surface area contributed by atoms with Gasteiger partial charge < -0.3 is 10.1 Å². The number of sulfone groups is 1. The molecule has 1 aromatic rings. The quantitative estimate of drug-likeness (QED) is 0.809. The lowest BCUT2D eigenvalue weighted by atomic mass is 10.0. The zero-order chi connectivity index (χ0) is 12.8. The van der Waals surface area contributed by atoms with Crippen LogP contribution in [0.5, 0.6) is 0 Å². The van der Waals surface area contributed by atoms with Crippen LogP contribution in [0.2, 0.25) is 0 Å². The zero-order valence-corrected chi connectivity index (χ0v) is 11.2. The molecule has 2 unspecified atom stereocenters. The van der Waals surface area contributed by atoms with Gasteiger partial charge in [0.2, 0.25) is 0 Å². The van der Waals surface area contributed by atoms with Crippen LogP contribution in [0.4, 0.5) is 0 Å². The minimum Gasteiger partial charge on any atom is -0.380 e. The molecule has 98 valence electrons. The Labute approximate surface area is 107 Å². The fourth-order valence-corrected chi connectivity index (χ4v) is 4.56. The second kappa shape index (κ2) is 4.05. The summed E-state index contributed by atoms with van der Waals surface area (Å²) in [6, 6.07) is 7.05. The van der Waals surface area contributed by atoms with Crippen molar-refractivity contribution < 1.29 is 13.2 Å². The molecule has 0 radical (unpaired) electrons. The Bertz CT molecular complexity index is 546. The Hall–Kier alpha value is -0.910. The van der Waals surface area contributed by atoms with Gasteiger partial charge in [-0.15, -0.1) is 0 Å². The Kier molecular flexibility index (Phi) is 2.73. The van der Waals surface area contributed by atoms with E-state index in [4.69, 9.17) is 4.74 Å². The second-order valence-electron chi connectivity index (χ2n) is 5.18. The third kappa shape index (κ3) is 1.86. The molecule has 2 fully saturated rings. The number of rotatable bonds is 2. The van der Waals surface area contributed by atoms with E-state index in [1.54, 1.807) is 12.1 Å². The van der Waals surface area contributed by atoms with Crippen LogP contribution >= 0.6 is 0 Å². The van der Waals surface area contributed by atoms with Gasteiger partial charge in [-0.2, -0.15) is 0 Å². The maximum Gasteiger partial charge on any atom is 0.185 e. The summed E-state index contributed by atoms with van der Waals surface area (Å²) in [5, 5.41) is 2.77. The van der Waals surface area contributed by atoms with Gasteiger partial charge in [-0.05, 0) is 25.5 Å². The van der Waals surface area contributed by atoms with Crippen molar-refractivity contribution in [2.75, 3.05) is 19.8 Å². The van der Waals surface area contributed by atoms with E-state index in [0.717, 1.165) is 18.5 Å². The summed E-state index contributed by atoms with van der Waals surface area (Å²) in [7, 11) is -3.31. The first-order valence-corrected chi connectivity index (χ1v) is 7.73. The van der Waals surface area contributed by atoms with E-state index in [-0.39, 0.29) is 5.54 Å². The molecule has 0 bridgehead atoms. The van der Waals surface area contributed by atoms with Crippen LogP contribution < -0.4 is 5.32 Å². The predicted octanol–water partition coefficient (Wildman–Crippen LogP) is 0.900. The van der Waals surface area contributed by atoms with E-state index in [9.17, 15) is 8.42 Å². The van der Waals surface area contributed by atoms with Crippen LogP contribution in [0.3, 0.4) is 0 Å². The summed E-state index contributed by atoms with van der Waals surface area (Å²) < 4.78 is 30.6. The number of benzene rings is 1. The normalized spacial score (nSPS) is 31.5. The van der Waals surface area contributed by atoms with Crippen molar-refractivity contribution in [2.45, 2.75) is 29.0 Å². The molecule has 0 aromatic heterocycles. The van der Waals surface area contributed by atoms with E-state index < -0.39 is 15.1 Å². The van der Waals surface area contributed by atoms with Crippen molar-refractivity contribution in [2.24, 2.45) is 0 Å². The molecule has 1 aromatic carbocycles. The van der Waals surface area contributed by atoms with Gasteiger partial charge in [0, 0.05) is 13.2 Å². The predicted molar refractivity (Wildman–Crippen MR) is 68.3 cm³/mol. The van der Waals surface area contributed by atoms with Crippen molar-refractivity contribution in [1.29, 1.82) is 0 Å². The summed E-state index contributed by atoms with van der Waals surface area (Å²) in [6.45, 7) is 3.67. The minimum atomic E-state index is -3.31. The molecule has 3 rings (SSSR count). The lowest BCUT2D eigenvalue weighted by molar-refractivity contribution is 0.0814. The first-order chi connectivity index (χ1) is 8.55. The molecular weight excluding hydrogens is 250 g/mol. The molecule has 5 heteroatoms. The van der Waals surface area contributed by atoms with Gasteiger partial charge in [0.05, 0.1) is 17.0 Å². The van der Waals surface area contributed by atoms with Crippen molar-refractivity contribution in [1.82, 2.24) is 5.32 Å². The van der Waals surface area contributed by atoms with E-state index in [1.165, 1.54) is 0 Å². The van der Waals surface area contributed by atoms with Crippen molar-refractivity contribution in [3.8, 4) is 0 Å². The van der Waals surface area contributed by atoms with Gasteiger partial charge in [-0.25, -0.2) is 8.42 Å². The Morgan fingerprint density at radius 2 is 2.00 bits per heavy atom. The molecule has 1 N–H and O–H groups in total. The van der Waals surface area contributed by atoms with E-state index >= 15 is 0 Å². The molecule has 2 saturated heterocycles. The van der Waals surface area contributed by atoms with E-state index in [2.05, 4.69) is 5.32 Å². The molecule has 0 amide bonds. The molecule has 2 aliphatic rings. The van der Waals surface area contributed by atoms with Crippen molar-refractivity contribution >= 4 is 9.84 Å². The van der Waals surface area contributed by atoms with Gasteiger partial charge in [0.1, 0.15) is 5.25 Å². The van der Waals surface area contributed by atoms with Crippen molar-refractivity contribution in [3.63, 3.8) is 0 Å². The first kappa shape index (κ1) is 12.1. The topological polar surface area (TPSA) is 65.3 Å². The molecule has 18 heavy (non-hydrogen) atoms. The highest BCUT2D eigenvalue weighted by Gasteiger charge is 2.56. The van der Waals surface area contributed by atoms with Crippen molar-refractivity contribution in [3.05, 3.63) is 29.8 Å². The molecular formula is C13H17NO3S. The first-order valence-electron chi connectivity index (χ1n) is 6.18. The molecule has 0 saturated carbocycles. The summed E-state index contributed by atoms with van der Waals surface area (Å²) in [5.41, 5.74) is 0.829. The molecule has 2 heterocycles. The van der Waals surface area contributed by atoms with Crippen LogP contribution in [0.25, 0.3) is 0 Å². The molecule has 0 aliphatic carbocycles. The minimum absolute atomic E-state index is 0.234. The third-order valence-corrected chi connectivity index (χ3v) is 6.20. The van der Waals surface area contributed by atoms with Crippen LogP contribution in [0.15, 0.2) is 29.2 Å².